The predicted molar refractivity (Wildman–Crippen MR) is 79.7 cm³/mol. The molecule has 0 amide bonds. The fraction of sp³-hybridized carbons (Fsp3) is 0.0769. The van der Waals surface area contributed by atoms with Gasteiger partial charge in [0.25, 0.3) is 5.56 Å². The number of H-pyrrole nitrogens is 2. The summed E-state index contributed by atoms with van der Waals surface area (Å²) in [5, 5.41) is 11.5. The van der Waals surface area contributed by atoms with Gasteiger partial charge in [-0.3, -0.25) is 9.89 Å². The Morgan fingerprint density at radius 2 is 2.20 bits per heavy atom. The van der Waals surface area contributed by atoms with Gasteiger partial charge in [-0.05, 0) is 25.2 Å². The maximum absolute atomic E-state index is 11.9. The van der Waals surface area contributed by atoms with Gasteiger partial charge in [0, 0.05) is 22.7 Å². The van der Waals surface area contributed by atoms with Gasteiger partial charge in [0.2, 0.25) is 4.77 Å². The quantitative estimate of drug-likeness (QED) is 0.558. The van der Waals surface area contributed by atoms with Gasteiger partial charge in [-0.25, -0.2) is 0 Å². The predicted octanol–water partition coefficient (Wildman–Crippen LogP) is 1.97. The fourth-order valence-corrected chi connectivity index (χ4v) is 2.07. The van der Waals surface area contributed by atoms with E-state index in [1.54, 1.807) is 13.1 Å². The highest BCUT2D eigenvalue weighted by Crippen LogP contribution is 2.15. The molecule has 0 radical (unpaired) electrons. The molecule has 2 N–H and O–H groups in total. The number of hydrogen-bond acceptors (Lipinski definition) is 4. The van der Waals surface area contributed by atoms with Crippen molar-refractivity contribution in [2.24, 2.45) is 5.10 Å². The second-order valence-electron chi connectivity index (χ2n) is 4.27. The number of nitrogens with zero attached hydrogens (tertiary/aromatic N) is 3. The maximum atomic E-state index is 11.9. The molecule has 0 aliphatic heterocycles. The number of nitrogens with one attached hydrogen (secondary N) is 2. The van der Waals surface area contributed by atoms with E-state index in [0.29, 0.717) is 5.69 Å². The Balaban J connectivity index is 2.10. The number of rotatable bonds is 2. The van der Waals surface area contributed by atoms with E-state index in [2.05, 4.69) is 20.3 Å². The average Bonchev–Trinajstić information content (AvgIpc) is 2.87. The summed E-state index contributed by atoms with van der Waals surface area (Å²) in [5.41, 5.74) is 1.88. The Labute approximate surface area is 118 Å². The van der Waals surface area contributed by atoms with E-state index in [9.17, 15) is 4.79 Å². The first-order valence-corrected chi connectivity index (χ1v) is 6.36. The lowest BCUT2D eigenvalue weighted by molar-refractivity contribution is 0.720. The molecule has 6 nitrogen and oxygen atoms in total. The summed E-state index contributed by atoms with van der Waals surface area (Å²) in [7, 11) is 0. The number of hydrogen-bond donors (Lipinski definition) is 2. The summed E-state index contributed by atoms with van der Waals surface area (Å²) in [4.78, 5) is 15.0. The fourth-order valence-electron chi connectivity index (χ4n) is 1.90. The molecule has 0 aliphatic rings. The Morgan fingerprint density at radius 3 is 3.05 bits per heavy atom. The second kappa shape index (κ2) is 4.86. The van der Waals surface area contributed by atoms with Crippen LogP contribution in [-0.2, 0) is 0 Å². The van der Waals surface area contributed by atoms with Crippen molar-refractivity contribution in [3.63, 3.8) is 0 Å². The monoisotopic (exact) mass is 285 g/mol. The summed E-state index contributed by atoms with van der Waals surface area (Å²) in [6, 6.07) is 7.85. The Bertz CT molecular complexity index is 918. The van der Waals surface area contributed by atoms with Crippen molar-refractivity contribution >= 4 is 29.3 Å². The molecule has 100 valence electrons. The van der Waals surface area contributed by atoms with Gasteiger partial charge >= 0.3 is 0 Å². The Hall–Kier alpha value is -2.54. The van der Waals surface area contributed by atoms with Crippen LogP contribution < -0.4 is 5.56 Å². The van der Waals surface area contributed by atoms with Gasteiger partial charge in [-0.1, -0.05) is 18.2 Å². The Kier molecular flexibility index (Phi) is 3.03. The van der Waals surface area contributed by atoms with Crippen molar-refractivity contribution in [1.29, 1.82) is 0 Å². The van der Waals surface area contributed by atoms with Gasteiger partial charge in [0.1, 0.15) is 5.69 Å². The molecule has 2 aromatic heterocycles. The lowest BCUT2D eigenvalue weighted by atomic mass is 10.2. The zero-order valence-corrected chi connectivity index (χ0v) is 11.4. The second-order valence-corrected chi connectivity index (χ2v) is 4.65. The Morgan fingerprint density at radius 1 is 1.40 bits per heavy atom. The van der Waals surface area contributed by atoms with Gasteiger partial charge in [0.15, 0.2) is 0 Å². The van der Waals surface area contributed by atoms with Crippen LogP contribution in [-0.4, -0.2) is 26.1 Å². The highest BCUT2D eigenvalue weighted by molar-refractivity contribution is 7.71. The summed E-state index contributed by atoms with van der Waals surface area (Å²) in [5.74, 6) is 0. The molecular formula is C13H11N5OS. The lowest BCUT2D eigenvalue weighted by Gasteiger charge is -1.98. The van der Waals surface area contributed by atoms with Crippen LogP contribution in [0.5, 0.6) is 0 Å². The average molecular weight is 285 g/mol. The van der Waals surface area contributed by atoms with Crippen molar-refractivity contribution in [1.82, 2.24) is 19.9 Å². The van der Waals surface area contributed by atoms with E-state index in [-0.39, 0.29) is 10.3 Å². The molecule has 3 rings (SSSR count). The highest BCUT2D eigenvalue weighted by Gasteiger charge is 2.03. The van der Waals surface area contributed by atoms with Gasteiger partial charge in [0.05, 0.1) is 6.21 Å². The first-order chi connectivity index (χ1) is 9.66. The third-order valence-electron chi connectivity index (χ3n) is 2.95. The summed E-state index contributed by atoms with van der Waals surface area (Å²) in [6.45, 7) is 1.60. The van der Waals surface area contributed by atoms with Crippen LogP contribution in [0.25, 0.3) is 10.9 Å². The molecule has 2 heterocycles. The van der Waals surface area contributed by atoms with Gasteiger partial charge in [-0.15, -0.1) is 0 Å². The van der Waals surface area contributed by atoms with Crippen LogP contribution in [0.2, 0.25) is 0 Å². The standard InChI is InChI=1S/C13H11N5OS/c1-8-12(19)18(13(20)17-16-8)15-7-9-6-14-11-5-3-2-4-10(9)11/h2-7,14H,1H3,(H,17,20)/b15-7-. The zero-order valence-electron chi connectivity index (χ0n) is 10.6. The topological polar surface area (TPSA) is 78.8 Å². The smallest absolute Gasteiger partial charge is 0.296 e. The largest absolute Gasteiger partial charge is 0.361 e. The molecule has 0 unspecified atom stereocenters. The van der Waals surface area contributed by atoms with Crippen molar-refractivity contribution in [3.8, 4) is 0 Å². The molecule has 1 aromatic carbocycles. The van der Waals surface area contributed by atoms with Crippen LogP contribution >= 0.6 is 12.2 Å². The first-order valence-electron chi connectivity index (χ1n) is 5.95. The molecule has 0 fully saturated rings. The third-order valence-corrected chi connectivity index (χ3v) is 3.21. The number of aromatic amines is 2. The SMILES string of the molecule is Cc1n[nH]c(=S)n(/N=C\c2c[nH]c3ccccc23)c1=O. The number of aromatic nitrogens is 4. The zero-order chi connectivity index (χ0) is 14.1. The van der Waals surface area contributed by atoms with Crippen molar-refractivity contribution < 1.29 is 0 Å². The van der Waals surface area contributed by atoms with E-state index >= 15 is 0 Å². The maximum Gasteiger partial charge on any atom is 0.296 e. The minimum Gasteiger partial charge on any atom is -0.361 e. The molecule has 0 saturated carbocycles. The van der Waals surface area contributed by atoms with E-state index in [4.69, 9.17) is 12.2 Å². The molecular weight excluding hydrogens is 274 g/mol. The van der Waals surface area contributed by atoms with Gasteiger partial charge in [-0.2, -0.15) is 14.9 Å². The summed E-state index contributed by atoms with van der Waals surface area (Å²) in [6.07, 6.45) is 3.43. The first kappa shape index (κ1) is 12.5. The number of aryl methyl sites for hydroxylation is 1. The number of benzene rings is 1. The van der Waals surface area contributed by atoms with Crippen molar-refractivity contribution in [2.45, 2.75) is 6.92 Å². The third kappa shape index (κ3) is 2.08. The van der Waals surface area contributed by atoms with Crippen LogP contribution in [0.3, 0.4) is 0 Å². The molecule has 0 aliphatic carbocycles. The van der Waals surface area contributed by atoms with E-state index in [1.165, 1.54) is 0 Å². The molecule has 0 atom stereocenters. The van der Waals surface area contributed by atoms with E-state index < -0.39 is 0 Å². The minimum atomic E-state index is -0.329. The molecule has 0 spiro atoms. The molecule has 0 bridgehead atoms. The van der Waals surface area contributed by atoms with Crippen LogP contribution in [0.15, 0.2) is 40.4 Å². The van der Waals surface area contributed by atoms with Crippen LogP contribution in [0.4, 0.5) is 0 Å². The number of fused-ring (bicyclic) bond motifs is 1. The van der Waals surface area contributed by atoms with Crippen LogP contribution in [0.1, 0.15) is 11.3 Å². The highest BCUT2D eigenvalue weighted by atomic mass is 32.1. The summed E-state index contributed by atoms with van der Waals surface area (Å²) >= 11 is 5.01. The minimum absolute atomic E-state index is 0.164. The lowest BCUT2D eigenvalue weighted by Crippen LogP contribution is -2.22. The van der Waals surface area contributed by atoms with Crippen LogP contribution in [0, 0.1) is 11.7 Å². The molecule has 20 heavy (non-hydrogen) atoms. The van der Waals surface area contributed by atoms with E-state index in [1.807, 2.05) is 30.5 Å². The molecule has 0 saturated heterocycles. The van der Waals surface area contributed by atoms with Gasteiger partial charge < -0.3 is 4.98 Å². The van der Waals surface area contributed by atoms with E-state index in [0.717, 1.165) is 21.1 Å². The number of para-hydroxylation sites is 1. The molecule has 7 heteroatoms. The van der Waals surface area contributed by atoms with Crippen molar-refractivity contribution in [2.75, 3.05) is 0 Å². The molecule has 3 aromatic rings. The normalized spacial score (nSPS) is 11.4. The summed E-state index contributed by atoms with van der Waals surface area (Å²) < 4.78 is 1.29. The van der Waals surface area contributed by atoms with Crippen molar-refractivity contribution in [3.05, 3.63) is 56.8 Å².